The number of nitrogens with zero attached hydrogens (tertiary/aromatic N) is 3. The van der Waals surface area contributed by atoms with Crippen LogP contribution in [0.2, 0.25) is 0 Å². The summed E-state index contributed by atoms with van der Waals surface area (Å²) >= 11 is 0. The van der Waals surface area contributed by atoms with Crippen molar-refractivity contribution in [3.63, 3.8) is 0 Å². The number of imidazole rings is 1. The Morgan fingerprint density at radius 3 is 2.57 bits per heavy atom. The Balaban J connectivity index is 1.37. The van der Waals surface area contributed by atoms with Gasteiger partial charge in [-0.3, -0.25) is 4.79 Å². The molecular formula is C29H31N3O3. The van der Waals surface area contributed by atoms with Crippen LogP contribution in [0.4, 0.5) is 5.69 Å². The number of aliphatic hydroxyl groups is 1. The van der Waals surface area contributed by atoms with Gasteiger partial charge in [-0.2, -0.15) is 0 Å². The molecule has 1 fully saturated rings. The van der Waals surface area contributed by atoms with Crippen molar-refractivity contribution in [1.82, 2.24) is 9.55 Å². The van der Waals surface area contributed by atoms with Crippen molar-refractivity contribution in [1.29, 1.82) is 0 Å². The number of hydrogen-bond acceptors (Lipinski definition) is 4. The van der Waals surface area contributed by atoms with Crippen LogP contribution in [-0.2, 0) is 17.8 Å². The first-order valence-electron chi connectivity index (χ1n) is 12.2. The molecule has 180 valence electrons. The molecule has 0 bridgehead atoms. The van der Waals surface area contributed by atoms with E-state index in [1.165, 1.54) is 5.56 Å². The maximum Gasteiger partial charge on any atom is 0.227 e. The molecule has 4 aromatic rings. The van der Waals surface area contributed by atoms with Crippen LogP contribution in [0.3, 0.4) is 0 Å². The third kappa shape index (κ3) is 4.80. The van der Waals surface area contributed by atoms with Crippen molar-refractivity contribution in [2.24, 2.45) is 0 Å². The Bertz CT molecular complexity index is 1330. The van der Waals surface area contributed by atoms with Crippen LogP contribution in [0.1, 0.15) is 36.2 Å². The number of fused-ring (bicyclic) bond motifs is 1. The Morgan fingerprint density at radius 1 is 1.06 bits per heavy atom. The summed E-state index contributed by atoms with van der Waals surface area (Å²) in [6.07, 6.45) is 0.645. The molecule has 0 saturated carbocycles. The second-order valence-corrected chi connectivity index (χ2v) is 9.23. The first-order valence-corrected chi connectivity index (χ1v) is 12.2. The number of ether oxygens (including phenoxy) is 1. The fourth-order valence-corrected chi connectivity index (χ4v) is 4.81. The van der Waals surface area contributed by atoms with E-state index in [0.717, 1.165) is 40.3 Å². The lowest BCUT2D eigenvalue weighted by atomic mass is 10.1. The standard InChI is InChI=1S/C29H31N3O3/c1-3-21-12-14-23(15-13-21)31-17-22(16-28(31)34)29-30-25-9-5-6-10-26(25)32(29)18-24(33)19-35-27-11-7-4-8-20(27)2/h4-15,22,24,33H,3,16-19H2,1-2H3. The molecule has 1 saturated heterocycles. The van der Waals surface area contributed by atoms with Crippen molar-refractivity contribution >= 4 is 22.6 Å². The van der Waals surface area contributed by atoms with Crippen molar-refractivity contribution in [3.8, 4) is 5.75 Å². The quantitative estimate of drug-likeness (QED) is 0.400. The summed E-state index contributed by atoms with van der Waals surface area (Å²) in [5.41, 5.74) is 5.03. The van der Waals surface area contributed by atoms with E-state index in [1.807, 2.05) is 72.5 Å². The van der Waals surface area contributed by atoms with Gasteiger partial charge < -0.3 is 19.3 Å². The van der Waals surface area contributed by atoms with Gasteiger partial charge in [0.05, 0.1) is 17.6 Å². The van der Waals surface area contributed by atoms with Crippen LogP contribution >= 0.6 is 0 Å². The van der Waals surface area contributed by atoms with Gasteiger partial charge >= 0.3 is 0 Å². The number of aromatic nitrogens is 2. The highest BCUT2D eigenvalue weighted by molar-refractivity contribution is 5.96. The third-order valence-electron chi connectivity index (χ3n) is 6.75. The maximum atomic E-state index is 13.0. The number of rotatable bonds is 8. The minimum Gasteiger partial charge on any atom is -0.491 e. The summed E-state index contributed by atoms with van der Waals surface area (Å²) in [7, 11) is 0. The zero-order chi connectivity index (χ0) is 24.4. The number of aliphatic hydroxyl groups excluding tert-OH is 1. The number of benzene rings is 3. The van der Waals surface area contributed by atoms with Gasteiger partial charge in [-0.15, -0.1) is 0 Å². The molecule has 0 radical (unpaired) electrons. The first kappa shape index (κ1) is 23.1. The topological polar surface area (TPSA) is 67.6 Å². The van der Waals surface area contributed by atoms with E-state index in [9.17, 15) is 9.90 Å². The lowest BCUT2D eigenvalue weighted by Crippen LogP contribution is -2.26. The van der Waals surface area contributed by atoms with Gasteiger partial charge in [0.1, 0.15) is 24.3 Å². The van der Waals surface area contributed by atoms with Crippen LogP contribution in [0.15, 0.2) is 72.8 Å². The minimum absolute atomic E-state index is 0.0507. The molecule has 35 heavy (non-hydrogen) atoms. The van der Waals surface area contributed by atoms with Crippen molar-refractivity contribution in [2.45, 2.75) is 45.3 Å². The van der Waals surface area contributed by atoms with Gasteiger partial charge in [-0.1, -0.05) is 49.4 Å². The van der Waals surface area contributed by atoms with E-state index in [4.69, 9.17) is 9.72 Å². The molecule has 6 nitrogen and oxygen atoms in total. The summed E-state index contributed by atoms with van der Waals surface area (Å²) in [6.45, 7) is 5.20. The number of amides is 1. The molecule has 2 atom stereocenters. The number of carbonyl (C=O) groups is 1. The number of para-hydroxylation sites is 3. The Labute approximate surface area is 205 Å². The lowest BCUT2D eigenvalue weighted by Gasteiger charge is -2.19. The van der Waals surface area contributed by atoms with E-state index in [1.54, 1.807) is 0 Å². The summed E-state index contributed by atoms with van der Waals surface area (Å²) in [5.74, 6) is 1.65. The second kappa shape index (κ2) is 9.92. The molecule has 1 aliphatic rings. The molecule has 1 N–H and O–H groups in total. The van der Waals surface area contributed by atoms with Gasteiger partial charge in [0, 0.05) is 24.6 Å². The van der Waals surface area contributed by atoms with E-state index in [-0.39, 0.29) is 18.4 Å². The molecule has 6 heteroatoms. The van der Waals surface area contributed by atoms with E-state index in [0.29, 0.717) is 19.5 Å². The average molecular weight is 470 g/mol. The van der Waals surface area contributed by atoms with Crippen molar-refractivity contribution < 1.29 is 14.6 Å². The average Bonchev–Trinajstić information content (AvgIpc) is 3.44. The predicted octanol–water partition coefficient (Wildman–Crippen LogP) is 4.87. The zero-order valence-corrected chi connectivity index (χ0v) is 20.2. The molecule has 1 aliphatic heterocycles. The molecule has 0 spiro atoms. The fraction of sp³-hybridized carbons (Fsp3) is 0.310. The number of hydrogen-bond donors (Lipinski definition) is 1. The van der Waals surface area contributed by atoms with E-state index >= 15 is 0 Å². The Kier molecular flexibility index (Phi) is 6.55. The molecule has 5 rings (SSSR count). The molecule has 1 amide bonds. The van der Waals surface area contributed by atoms with Gasteiger partial charge in [0.25, 0.3) is 0 Å². The number of anilines is 1. The van der Waals surface area contributed by atoms with Crippen LogP contribution < -0.4 is 9.64 Å². The summed E-state index contributed by atoms with van der Waals surface area (Å²) in [5, 5.41) is 10.9. The molecule has 1 aromatic heterocycles. The maximum absolute atomic E-state index is 13.0. The van der Waals surface area contributed by atoms with Gasteiger partial charge in [-0.25, -0.2) is 4.98 Å². The molecule has 0 aliphatic carbocycles. The second-order valence-electron chi connectivity index (χ2n) is 9.23. The normalized spacial score (nSPS) is 16.7. The SMILES string of the molecule is CCc1ccc(N2CC(c3nc4ccccc4n3CC(O)COc3ccccc3C)CC2=O)cc1. The van der Waals surface area contributed by atoms with Gasteiger partial charge in [0.2, 0.25) is 5.91 Å². The summed E-state index contributed by atoms with van der Waals surface area (Å²) < 4.78 is 7.95. The minimum atomic E-state index is -0.722. The highest BCUT2D eigenvalue weighted by atomic mass is 16.5. The monoisotopic (exact) mass is 469 g/mol. The van der Waals surface area contributed by atoms with Crippen LogP contribution in [0.25, 0.3) is 11.0 Å². The van der Waals surface area contributed by atoms with E-state index < -0.39 is 6.10 Å². The summed E-state index contributed by atoms with van der Waals surface area (Å²) in [4.78, 5) is 19.7. The molecule has 2 heterocycles. The third-order valence-corrected chi connectivity index (χ3v) is 6.75. The number of aryl methyl sites for hydroxylation is 2. The zero-order valence-electron chi connectivity index (χ0n) is 20.2. The van der Waals surface area contributed by atoms with Crippen molar-refractivity contribution in [3.05, 3.63) is 89.7 Å². The van der Waals surface area contributed by atoms with Gasteiger partial charge in [-0.05, 0) is 54.8 Å². The number of carbonyl (C=O) groups excluding carboxylic acids is 1. The molecule has 2 unspecified atom stereocenters. The van der Waals surface area contributed by atoms with Crippen LogP contribution in [0, 0.1) is 6.92 Å². The van der Waals surface area contributed by atoms with Crippen molar-refractivity contribution in [2.75, 3.05) is 18.1 Å². The Morgan fingerprint density at radius 2 is 1.80 bits per heavy atom. The summed E-state index contributed by atoms with van der Waals surface area (Å²) in [6, 6.07) is 23.9. The van der Waals surface area contributed by atoms with Crippen LogP contribution in [-0.4, -0.2) is 39.8 Å². The first-order chi connectivity index (χ1) is 17.0. The van der Waals surface area contributed by atoms with Crippen LogP contribution in [0.5, 0.6) is 5.75 Å². The van der Waals surface area contributed by atoms with E-state index in [2.05, 4.69) is 23.6 Å². The molecule has 3 aromatic carbocycles. The highest BCUT2D eigenvalue weighted by Crippen LogP contribution is 2.33. The highest BCUT2D eigenvalue weighted by Gasteiger charge is 2.35. The largest absolute Gasteiger partial charge is 0.491 e. The van der Waals surface area contributed by atoms with Gasteiger partial charge in [0.15, 0.2) is 0 Å². The Hall–Kier alpha value is -3.64. The lowest BCUT2D eigenvalue weighted by molar-refractivity contribution is -0.117. The predicted molar refractivity (Wildman–Crippen MR) is 138 cm³/mol. The fourth-order valence-electron chi connectivity index (χ4n) is 4.81. The smallest absolute Gasteiger partial charge is 0.227 e. The molecular weight excluding hydrogens is 438 g/mol.